The van der Waals surface area contributed by atoms with Crippen LogP contribution in [0.4, 0.5) is 5.95 Å². The molecule has 0 fully saturated rings. The third kappa shape index (κ3) is 5.16. The number of hydrogen-bond donors (Lipinski definition) is 2. The predicted octanol–water partition coefficient (Wildman–Crippen LogP) is 3.79. The third-order valence-corrected chi connectivity index (χ3v) is 5.29. The van der Waals surface area contributed by atoms with Crippen molar-refractivity contribution in [3.05, 3.63) is 56.7 Å². The van der Waals surface area contributed by atoms with Gasteiger partial charge in [0.15, 0.2) is 11.2 Å². The number of nitrogens with zero attached hydrogens (tertiary/aromatic N) is 3. The Balaban J connectivity index is 1.79. The second-order valence-electron chi connectivity index (χ2n) is 7.54. The molecule has 1 aromatic carbocycles. The first-order valence-corrected chi connectivity index (χ1v) is 10.6. The van der Waals surface area contributed by atoms with Crippen molar-refractivity contribution in [2.24, 2.45) is 7.05 Å². The molecule has 0 bridgehead atoms. The molecular formula is C22H31N5O2. The highest BCUT2D eigenvalue weighted by atomic mass is 16.2. The lowest BCUT2D eigenvalue weighted by Gasteiger charge is -2.10. The van der Waals surface area contributed by atoms with Crippen molar-refractivity contribution in [3.63, 3.8) is 0 Å². The number of imidazole rings is 1. The molecule has 0 saturated heterocycles. The first-order valence-electron chi connectivity index (χ1n) is 10.6. The van der Waals surface area contributed by atoms with Gasteiger partial charge in [-0.15, -0.1) is 0 Å². The molecule has 2 N–H and O–H groups in total. The highest BCUT2D eigenvalue weighted by molar-refractivity contribution is 5.74. The summed E-state index contributed by atoms with van der Waals surface area (Å²) in [6.45, 7) is 3.52. The predicted molar refractivity (Wildman–Crippen MR) is 117 cm³/mol. The second-order valence-corrected chi connectivity index (χ2v) is 7.54. The molecule has 7 nitrogen and oxygen atoms in total. The van der Waals surface area contributed by atoms with E-state index < -0.39 is 5.69 Å². The van der Waals surface area contributed by atoms with Gasteiger partial charge in [0.2, 0.25) is 5.95 Å². The molecule has 3 aromatic rings. The first-order chi connectivity index (χ1) is 14.1. The maximum absolute atomic E-state index is 12.5. The monoisotopic (exact) mass is 397 g/mol. The number of fused-ring (bicyclic) bond motifs is 1. The van der Waals surface area contributed by atoms with Crippen LogP contribution in [0.5, 0.6) is 0 Å². The van der Waals surface area contributed by atoms with Crippen LogP contribution in [0.1, 0.15) is 57.4 Å². The van der Waals surface area contributed by atoms with Gasteiger partial charge in [0.1, 0.15) is 0 Å². The topological polar surface area (TPSA) is 84.7 Å². The van der Waals surface area contributed by atoms with Crippen molar-refractivity contribution in [2.45, 2.75) is 65.0 Å². The fourth-order valence-corrected chi connectivity index (χ4v) is 3.59. The summed E-state index contributed by atoms with van der Waals surface area (Å²) in [5, 5.41) is 3.35. The number of anilines is 1. The van der Waals surface area contributed by atoms with E-state index in [-0.39, 0.29) is 5.56 Å². The number of rotatable bonds is 11. The molecule has 7 heteroatoms. The lowest BCUT2D eigenvalue weighted by molar-refractivity contribution is 0.556. The molecule has 0 aliphatic carbocycles. The lowest BCUT2D eigenvalue weighted by atomic mass is 10.1. The summed E-state index contributed by atoms with van der Waals surface area (Å²) >= 11 is 0. The average molecular weight is 398 g/mol. The van der Waals surface area contributed by atoms with Crippen LogP contribution in [0.2, 0.25) is 0 Å². The van der Waals surface area contributed by atoms with E-state index in [4.69, 9.17) is 0 Å². The van der Waals surface area contributed by atoms with E-state index in [0.717, 1.165) is 18.4 Å². The summed E-state index contributed by atoms with van der Waals surface area (Å²) in [5.74, 6) is 0.626. The van der Waals surface area contributed by atoms with E-state index in [1.165, 1.54) is 36.7 Å². The fraction of sp³-hybridized carbons (Fsp3) is 0.500. The van der Waals surface area contributed by atoms with Crippen molar-refractivity contribution in [3.8, 4) is 0 Å². The highest BCUT2D eigenvalue weighted by Gasteiger charge is 2.17. The standard InChI is InChI=1S/C22H31N5O2/c1-3-4-5-6-7-8-12-15-27-18-19(26(2)22(29)25-20(18)28)24-21(27)23-16-17-13-10-9-11-14-17/h9-11,13-14H,3-8,12,15-16H2,1-2H3,(H,23,24)(H,25,28,29). The van der Waals surface area contributed by atoms with Gasteiger partial charge in [-0.3, -0.25) is 14.3 Å². The van der Waals surface area contributed by atoms with E-state index in [1.54, 1.807) is 7.05 Å². The van der Waals surface area contributed by atoms with Gasteiger partial charge in [0, 0.05) is 20.1 Å². The number of aryl methyl sites for hydroxylation is 2. The van der Waals surface area contributed by atoms with E-state index in [9.17, 15) is 9.59 Å². The minimum Gasteiger partial charge on any atom is -0.352 e. The maximum atomic E-state index is 12.5. The second kappa shape index (κ2) is 10.1. The molecule has 0 amide bonds. The Morgan fingerprint density at radius 2 is 1.69 bits per heavy atom. The fourth-order valence-electron chi connectivity index (χ4n) is 3.59. The minimum absolute atomic E-state index is 0.383. The molecule has 2 heterocycles. The van der Waals surface area contributed by atoms with Crippen molar-refractivity contribution in [2.75, 3.05) is 5.32 Å². The van der Waals surface area contributed by atoms with Crippen LogP contribution in [-0.2, 0) is 20.1 Å². The zero-order valence-electron chi connectivity index (χ0n) is 17.4. The Kier molecular flexibility index (Phi) is 7.27. The highest BCUT2D eigenvalue weighted by Crippen LogP contribution is 2.18. The number of benzene rings is 1. The average Bonchev–Trinajstić information content (AvgIpc) is 3.10. The van der Waals surface area contributed by atoms with Crippen LogP contribution in [0.3, 0.4) is 0 Å². The zero-order valence-corrected chi connectivity index (χ0v) is 17.4. The van der Waals surface area contributed by atoms with Gasteiger partial charge in [-0.05, 0) is 12.0 Å². The summed E-state index contributed by atoms with van der Waals surface area (Å²) in [4.78, 5) is 31.5. The summed E-state index contributed by atoms with van der Waals surface area (Å²) in [5.41, 5.74) is 1.17. The Hall–Kier alpha value is -2.83. The summed E-state index contributed by atoms with van der Waals surface area (Å²) in [6.07, 6.45) is 8.38. The van der Waals surface area contributed by atoms with Crippen molar-refractivity contribution in [1.29, 1.82) is 0 Å². The molecule has 2 aromatic heterocycles. The Bertz CT molecular complexity index is 1030. The van der Waals surface area contributed by atoms with E-state index in [1.807, 2.05) is 34.9 Å². The summed E-state index contributed by atoms with van der Waals surface area (Å²) < 4.78 is 3.31. The number of H-pyrrole nitrogens is 1. The Labute approximate surface area is 170 Å². The number of hydrogen-bond acceptors (Lipinski definition) is 4. The molecule has 3 rings (SSSR count). The van der Waals surface area contributed by atoms with E-state index >= 15 is 0 Å². The number of nitrogens with one attached hydrogen (secondary N) is 2. The lowest BCUT2D eigenvalue weighted by Crippen LogP contribution is -2.29. The van der Waals surface area contributed by atoms with Crippen molar-refractivity contribution in [1.82, 2.24) is 19.1 Å². The minimum atomic E-state index is -0.447. The van der Waals surface area contributed by atoms with Crippen LogP contribution in [-0.4, -0.2) is 19.1 Å². The SMILES string of the molecule is CCCCCCCCCn1c(NCc2ccccc2)nc2c1c(=O)[nH]c(=O)n2C. The molecule has 0 saturated carbocycles. The molecule has 0 aliphatic rings. The van der Waals surface area contributed by atoms with Gasteiger partial charge in [0.05, 0.1) is 0 Å². The molecular weight excluding hydrogens is 366 g/mol. The van der Waals surface area contributed by atoms with Crippen LogP contribution in [0, 0.1) is 0 Å². The van der Waals surface area contributed by atoms with E-state index in [2.05, 4.69) is 22.2 Å². The molecule has 156 valence electrons. The van der Waals surface area contributed by atoms with Crippen molar-refractivity contribution >= 4 is 17.1 Å². The van der Waals surface area contributed by atoms with Gasteiger partial charge in [0.25, 0.3) is 5.56 Å². The first kappa shape index (κ1) is 20.9. The van der Waals surface area contributed by atoms with Gasteiger partial charge >= 0.3 is 5.69 Å². The Morgan fingerprint density at radius 3 is 2.41 bits per heavy atom. The molecule has 0 unspecified atom stereocenters. The van der Waals surface area contributed by atoms with Crippen LogP contribution < -0.4 is 16.6 Å². The Morgan fingerprint density at radius 1 is 1.00 bits per heavy atom. The van der Waals surface area contributed by atoms with Gasteiger partial charge in [-0.2, -0.15) is 4.98 Å². The molecule has 0 atom stereocenters. The molecule has 0 aliphatic heterocycles. The largest absolute Gasteiger partial charge is 0.352 e. The zero-order chi connectivity index (χ0) is 20.6. The summed E-state index contributed by atoms with van der Waals surface area (Å²) in [6, 6.07) is 10.0. The van der Waals surface area contributed by atoms with E-state index in [0.29, 0.717) is 30.2 Å². The number of unbranched alkanes of at least 4 members (excludes halogenated alkanes) is 6. The van der Waals surface area contributed by atoms with Crippen LogP contribution >= 0.6 is 0 Å². The van der Waals surface area contributed by atoms with Gasteiger partial charge in [-0.25, -0.2) is 4.79 Å². The smallest absolute Gasteiger partial charge is 0.329 e. The summed E-state index contributed by atoms with van der Waals surface area (Å²) in [7, 11) is 1.63. The van der Waals surface area contributed by atoms with Crippen LogP contribution in [0.15, 0.2) is 39.9 Å². The van der Waals surface area contributed by atoms with Crippen molar-refractivity contribution < 1.29 is 0 Å². The molecule has 0 spiro atoms. The van der Waals surface area contributed by atoms with Crippen LogP contribution in [0.25, 0.3) is 11.2 Å². The molecule has 0 radical (unpaired) electrons. The quantitative estimate of drug-likeness (QED) is 0.482. The van der Waals surface area contributed by atoms with Gasteiger partial charge < -0.3 is 9.88 Å². The number of aromatic nitrogens is 4. The normalized spacial score (nSPS) is 11.2. The van der Waals surface area contributed by atoms with Gasteiger partial charge in [-0.1, -0.05) is 75.8 Å². The maximum Gasteiger partial charge on any atom is 0.329 e. The molecule has 29 heavy (non-hydrogen) atoms. The number of aromatic amines is 1. The third-order valence-electron chi connectivity index (χ3n) is 5.29.